The summed E-state index contributed by atoms with van der Waals surface area (Å²) >= 11 is 0. The molecule has 1 aromatic heterocycles. The largest absolute Gasteiger partial charge is 0.348 e. The van der Waals surface area contributed by atoms with Crippen molar-refractivity contribution in [1.29, 1.82) is 0 Å². The van der Waals surface area contributed by atoms with Crippen LogP contribution in [0.25, 0.3) is 0 Å². The fourth-order valence-corrected chi connectivity index (χ4v) is 1.18. The van der Waals surface area contributed by atoms with Crippen LogP contribution < -0.4 is 5.32 Å². The second kappa shape index (κ2) is 5.44. The van der Waals surface area contributed by atoms with E-state index in [1.54, 1.807) is 12.3 Å². The van der Waals surface area contributed by atoms with Crippen molar-refractivity contribution >= 4 is 5.91 Å². The molecule has 0 unspecified atom stereocenters. The minimum Gasteiger partial charge on any atom is -0.348 e. The zero-order chi connectivity index (χ0) is 11.3. The van der Waals surface area contributed by atoms with Crippen molar-refractivity contribution in [3.05, 3.63) is 29.6 Å². The fraction of sp³-hybridized carbons (Fsp3) is 0.455. The summed E-state index contributed by atoms with van der Waals surface area (Å²) < 4.78 is 11.8. The molecule has 0 aliphatic heterocycles. The van der Waals surface area contributed by atoms with Crippen LogP contribution in [-0.2, 0) is 0 Å². The number of halogens is 1. The molecule has 4 heteroatoms. The molecular formula is C11H15FN2O. The van der Waals surface area contributed by atoms with Crippen molar-refractivity contribution < 1.29 is 9.18 Å². The molecular weight excluding hydrogens is 195 g/mol. The minimum atomic E-state index is -0.560. The quantitative estimate of drug-likeness (QED) is 0.824. The number of alkyl halides is 1. The second-order valence-electron chi connectivity index (χ2n) is 3.57. The third-order valence-electron chi connectivity index (χ3n) is 2.06. The van der Waals surface area contributed by atoms with E-state index >= 15 is 0 Å². The van der Waals surface area contributed by atoms with Gasteiger partial charge in [0.1, 0.15) is 12.4 Å². The van der Waals surface area contributed by atoms with Gasteiger partial charge >= 0.3 is 0 Å². The summed E-state index contributed by atoms with van der Waals surface area (Å²) in [6, 6.07) is 3.61. The van der Waals surface area contributed by atoms with Crippen LogP contribution in [0.15, 0.2) is 18.3 Å². The summed E-state index contributed by atoms with van der Waals surface area (Å²) in [4.78, 5) is 15.4. The molecule has 0 saturated heterocycles. The van der Waals surface area contributed by atoms with Crippen molar-refractivity contribution in [3.8, 4) is 0 Å². The number of amides is 1. The predicted octanol–water partition coefficient (Wildman–Crippen LogP) is 1.90. The summed E-state index contributed by atoms with van der Waals surface area (Å²) in [5.41, 5.74) is 1.39. The number of nitrogens with zero attached hydrogens (tertiary/aromatic N) is 1. The number of rotatable bonds is 4. The van der Waals surface area contributed by atoms with Gasteiger partial charge in [-0.3, -0.25) is 9.78 Å². The van der Waals surface area contributed by atoms with Gasteiger partial charge in [-0.15, -0.1) is 0 Å². The predicted molar refractivity (Wildman–Crippen MR) is 56.6 cm³/mol. The van der Waals surface area contributed by atoms with Gasteiger partial charge in [0.15, 0.2) is 0 Å². The van der Waals surface area contributed by atoms with Crippen molar-refractivity contribution in [2.24, 2.45) is 0 Å². The van der Waals surface area contributed by atoms with Crippen LogP contribution in [0.3, 0.4) is 0 Å². The van der Waals surface area contributed by atoms with E-state index in [9.17, 15) is 9.18 Å². The smallest absolute Gasteiger partial charge is 0.269 e. The molecule has 0 spiro atoms. The lowest BCUT2D eigenvalue weighted by Crippen LogP contribution is -2.26. The molecule has 0 aliphatic carbocycles. The fourth-order valence-electron chi connectivity index (χ4n) is 1.18. The Kier molecular flexibility index (Phi) is 4.21. The molecule has 0 radical (unpaired) electrons. The highest BCUT2D eigenvalue weighted by Crippen LogP contribution is 2.13. The van der Waals surface area contributed by atoms with Crippen molar-refractivity contribution in [3.63, 3.8) is 0 Å². The average Bonchev–Trinajstić information content (AvgIpc) is 2.26. The number of carbonyl (C=O) groups excluding carboxylic acids is 1. The first-order chi connectivity index (χ1) is 7.15. The van der Waals surface area contributed by atoms with Gasteiger partial charge in [-0.1, -0.05) is 13.8 Å². The highest BCUT2D eigenvalue weighted by atomic mass is 19.1. The van der Waals surface area contributed by atoms with Crippen LogP contribution >= 0.6 is 0 Å². The molecule has 0 aromatic carbocycles. The number of carbonyl (C=O) groups is 1. The first-order valence-electron chi connectivity index (χ1n) is 4.95. The first kappa shape index (κ1) is 11.6. The summed E-state index contributed by atoms with van der Waals surface area (Å²) in [5.74, 6) is 0.0240. The highest BCUT2D eigenvalue weighted by molar-refractivity contribution is 5.92. The Balaban J connectivity index is 2.76. The molecule has 1 heterocycles. The Morgan fingerprint density at radius 2 is 2.33 bits per heavy atom. The van der Waals surface area contributed by atoms with Crippen LogP contribution in [0.1, 0.15) is 35.8 Å². The number of nitrogens with one attached hydrogen (secondary N) is 1. The van der Waals surface area contributed by atoms with Crippen LogP contribution in [0.4, 0.5) is 4.39 Å². The van der Waals surface area contributed by atoms with E-state index in [4.69, 9.17) is 0 Å². The Bertz CT molecular complexity index is 339. The maximum absolute atomic E-state index is 11.8. The molecule has 1 amide bonds. The van der Waals surface area contributed by atoms with Gasteiger partial charge < -0.3 is 5.32 Å². The van der Waals surface area contributed by atoms with Crippen molar-refractivity contribution in [1.82, 2.24) is 10.3 Å². The van der Waals surface area contributed by atoms with E-state index < -0.39 is 6.67 Å². The van der Waals surface area contributed by atoms with Crippen LogP contribution in [0, 0.1) is 0 Å². The van der Waals surface area contributed by atoms with Crippen LogP contribution in [0.5, 0.6) is 0 Å². The maximum atomic E-state index is 11.8. The third-order valence-corrected chi connectivity index (χ3v) is 2.06. The molecule has 15 heavy (non-hydrogen) atoms. The van der Waals surface area contributed by atoms with E-state index in [1.807, 2.05) is 19.9 Å². The van der Waals surface area contributed by atoms with Crippen molar-refractivity contribution in [2.45, 2.75) is 19.8 Å². The van der Waals surface area contributed by atoms with Crippen molar-refractivity contribution in [2.75, 3.05) is 13.2 Å². The third kappa shape index (κ3) is 3.31. The molecule has 0 fully saturated rings. The van der Waals surface area contributed by atoms with E-state index in [1.165, 1.54) is 0 Å². The lowest BCUT2D eigenvalue weighted by atomic mass is 10.0. The van der Waals surface area contributed by atoms with Gasteiger partial charge in [-0.25, -0.2) is 4.39 Å². The monoisotopic (exact) mass is 210 g/mol. The summed E-state index contributed by atoms with van der Waals surface area (Å²) in [6.45, 7) is 3.55. The Hall–Kier alpha value is -1.45. The molecule has 1 aromatic rings. The zero-order valence-corrected chi connectivity index (χ0v) is 8.96. The van der Waals surface area contributed by atoms with Gasteiger partial charge in [0.2, 0.25) is 0 Å². The molecule has 1 N–H and O–H groups in total. The molecule has 0 bridgehead atoms. The average molecular weight is 210 g/mol. The van der Waals surface area contributed by atoms with E-state index in [2.05, 4.69) is 10.3 Å². The van der Waals surface area contributed by atoms with Gasteiger partial charge in [-0.05, 0) is 23.6 Å². The molecule has 82 valence electrons. The maximum Gasteiger partial charge on any atom is 0.269 e. The number of aromatic nitrogens is 1. The van der Waals surface area contributed by atoms with Gasteiger partial charge in [0.25, 0.3) is 5.91 Å². The van der Waals surface area contributed by atoms with Crippen LogP contribution in [-0.4, -0.2) is 24.1 Å². The second-order valence-corrected chi connectivity index (χ2v) is 3.57. The number of hydrogen-bond acceptors (Lipinski definition) is 2. The molecule has 0 saturated carbocycles. The van der Waals surface area contributed by atoms with E-state index in [0.29, 0.717) is 11.6 Å². The lowest BCUT2D eigenvalue weighted by Gasteiger charge is -2.07. The standard InChI is InChI=1S/C11H15FN2O/c1-8(2)9-3-5-13-10(7-9)11(15)14-6-4-12/h3,5,7-8H,4,6H2,1-2H3,(H,14,15). The molecule has 1 rings (SSSR count). The zero-order valence-electron chi connectivity index (χ0n) is 8.96. The van der Waals surface area contributed by atoms with Crippen LogP contribution in [0.2, 0.25) is 0 Å². The SMILES string of the molecule is CC(C)c1ccnc(C(=O)NCCF)c1. The molecule has 0 aliphatic rings. The topological polar surface area (TPSA) is 42.0 Å². The normalized spacial score (nSPS) is 10.4. The molecule has 0 atom stereocenters. The summed E-state index contributed by atoms with van der Waals surface area (Å²) in [5, 5.41) is 2.44. The van der Waals surface area contributed by atoms with E-state index in [-0.39, 0.29) is 12.5 Å². The van der Waals surface area contributed by atoms with Gasteiger partial charge in [-0.2, -0.15) is 0 Å². The highest BCUT2D eigenvalue weighted by Gasteiger charge is 2.08. The minimum absolute atomic E-state index is 0.0341. The first-order valence-corrected chi connectivity index (χ1v) is 4.95. The Morgan fingerprint density at radius 3 is 2.93 bits per heavy atom. The Labute approximate surface area is 88.7 Å². The molecule has 3 nitrogen and oxygen atoms in total. The summed E-state index contributed by atoms with van der Waals surface area (Å²) in [6.07, 6.45) is 1.60. The summed E-state index contributed by atoms with van der Waals surface area (Å²) in [7, 11) is 0. The Morgan fingerprint density at radius 1 is 1.60 bits per heavy atom. The van der Waals surface area contributed by atoms with Gasteiger partial charge in [0, 0.05) is 12.7 Å². The van der Waals surface area contributed by atoms with Gasteiger partial charge in [0.05, 0.1) is 0 Å². The number of pyridine rings is 1. The van der Waals surface area contributed by atoms with E-state index in [0.717, 1.165) is 5.56 Å². The lowest BCUT2D eigenvalue weighted by molar-refractivity contribution is 0.0945. The number of hydrogen-bond donors (Lipinski definition) is 1.